The Balaban J connectivity index is 2.19. The van der Waals surface area contributed by atoms with Gasteiger partial charge in [0.25, 0.3) is 0 Å². The highest BCUT2D eigenvalue weighted by molar-refractivity contribution is 5.84. The average molecular weight is 256 g/mol. The fourth-order valence-electron chi connectivity index (χ4n) is 2.33. The number of nitrogens with one attached hydrogen (secondary N) is 1. The second kappa shape index (κ2) is 8.48. The molecule has 1 aliphatic rings. The van der Waals surface area contributed by atoms with E-state index in [1.807, 2.05) is 4.90 Å². The maximum atomic E-state index is 12.1. The lowest BCUT2D eigenvalue weighted by Gasteiger charge is -2.20. The van der Waals surface area contributed by atoms with Gasteiger partial charge in [-0.2, -0.15) is 0 Å². The van der Waals surface area contributed by atoms with E-state index in [9.17, 15) is 4.79 Å². The number of nitrogens with zero attached hydrogens (tertiary/aromatic N) is 1. The number of carbonyl (C=O) groups is 1. The molecule has 2 unspecified atom stereocenters. The van der Waals surface area contributed by atoms with E-state index >= 15 is 0 Å². The van der Waals surface area contributed by atoms with Crippen LogP contribution in [0.25, 0.3) is 0 Å². The first-order valence-electron chi connectivity index (χ1n) is 7.35. The molecule has 0 aromatic heterocycles. The summed E-state index contributed by atoms with van der Waals surface area (Å²) in [4.78, 5) is 14.0. The minimum atomic E-state index is 0.0333. The quantitative estimate of drug-likeness (QED) is 0.643. The summed E-state index contributed by atoms with van der Waals surface area (Å²) in [5.41, 5.74) is 0. The van der Waals surface area contributed by atoms with Crippen LogP contribution >= 0.6 is 0 Å². The summed E-state index contributed by atoms with van der Waals surface area (Å²) in [6.07, 6.45) is 5.38. The third-order valence-corrected chi connectivity index (χ3v) is 3.40. The zero-order chi connectivity index (χ0) is 13.4. The van der Waals surface area contributed by atoms with Crippen LogP contribution in [-0.4, -0.2) is 42.8 Å². The number of unbranched alkanes of at least 4 members (excludes halogenated alkanes) is 1. The highest BCUT2D eigenvalue weighted by atomic mass is 16.5. The molecule has 18 heavy (non-hydrogen) atoms. The molecule has 106 valence electrons. The van der Waals surface area contributed by atoms with Crippen LogP contribution in [0.2, 0.25) is 0 Å². The Morgan fingerprint density at radius 2 is 1.94 bits per heavy atom. The number of amides is 1. The number of carbonyl (C=O) groups excluding carboxylic acids is 1. The minimum Gasteiger partial charge on any atom is -0.381 e. The Hall–Kier alpha value is -0.610. The van der Waals surface area contributed by atoms with Gasteiger partial charge < -0.3 is 9.64 Å². The van der Waals surface area contributed by atoms with Gasteiger partial charge in [-0.1, -0.05) is 26.7 Å². The van der Waals surface area contributed by atoms with Crippen molar-refractivity contribution < 1.29 is 9.53 Å². The topological polar surface area (TPSA) is 41.6 Å². The third-order valence-electron chi connectivity index (χ3n) is 3.40. The largest absolute Gasteiger partial charge is 0.381 e. The van der Waals surface area contributed by atoms with Gasteiger partial charge in [0.1, 0.15) is 0 Å². The van der Waals surface area contributed by atoms with Crippen molar-refractivity contribution in [1.82, 2.24) is 10.2 Å². The molecule has 4 heteroatoms. The summed E-state index contributed by atoms with van der Waals surface area (Å²) < 4.78 is 5.52. The molecule has 0 radical (unpaired) electrons. The van der Waals surface area contributed by atoms with Gasteiger partial charge in [0.2, 0.25) is 5.91 Å². The van der Waals surface area contributed by atoms with Gasteiger partial charge in [-0.05, 0) is 26.2 Å². The lowest BCUT2D eigenvalue weighted by molar-refractivity contribution is -0.130. The van der Waals surface area contributed by atoms with Crippen LogP contribution in [0.3, 0.4) is 0 Å². The highest BCUT2D eigenvalue weighted by Crippen LogP contribution is 2.14. The summed E-state index contributed by atoms with van der Waals surface area (Å²) in [5.74, 6) is 0.262. The van der Waals surface area contributed by atoms with E-state index in [0.717, 1.165) is 45.4 Å². The molecule has 0 aromatic carbocycles. The van der Waals surface area contributed by atoms with Gasteiger partial charge >= 0.3 is 0 Å². The van der Waals surface area contributed by atoms with Gasteiger partial charge in [0.15, 0.2) is 0 Å². The Bertz CT molecular complexity index is 246. The molecule has 0 saturated carbocycles. The van der Waals surface area contributed by atoms with Gasteiger partial charge in [-0.25, -0.2) is 0 Å². The van der Waals surface area contributed by atoms with E-state index in [1.165, 1.54) is 6.42 Å². The number of hydrogen-bond donors (Lipinski definition) is 1. The van der Waals surface area contributed by atoms with Crippen molar-refractivity contribution in [3.8, 4) is 0 Å². The van der Waals surface area contributed by atoms with Crippen LogP contribution in [0.1, 0.15) is 52.9 Å². The normalized spacial score (nSPS) is 23.9. The Morgan fingerprint density at radius 1 is 1.22 bits per heavy atom. The first kappa shape index (κ1) is 15.4. The summed E-state index contributed by atoms with van der Waals surface area (Å²) in [6.45, 7) is 8.74. The second-order valence-electron chi connectivity index (χ2n) is 5.04. The molecule has 1 rings (SSSR count). The van der Waals surface area contributed by atoms with Crippen molar-refractivity contribution in [2.24, 2.45) is 0 Å². The molecule has 1 amide bonds. The Labute approximate surface area is 111 Å². The van der Waals surface area contributed by atoms with Crippen molar-refractivity contribution in [1.29, 1.82) is 0 Å². The minimum absolute atomic E-state index is 0.0333. The van der Waals surface area contributed by atoms with Crippen LogP contribution in [0.5, 0.6) is 0 Å². The molecule has 0 aliphatic carbocycles. The van der Waals surface area contributed by atoms with Crippen LogP contribution in [0.15, 0.2) is 0 Å². The molecule has 1 heterocycles. The summed E-state index contributed by atoms with van der Waals surface area (Å²) >= 11 is 0. The first-order chi connectivity index (χ1) is 8.70. The summed E-state index contributed by atoms with van der Waals surface area (Å²) in [7, 11) is 0. The summed E-state index contributed by atoms with van der Waals surface area (Å²) in [6, 6.07) is 0.0333. The van der Waals surface area contributed by atoms with E-state index in [-0.39, 0.29) is 18.1 Å². The fraction of sp³-hybridized carbons (Fsp3) is 0.929. The van der Waals surface area contributed by atoms with Gasteiger partial charge in [-0.3, -0.25) is 10.1 Å². The van der Waals surface area contributed by atoms with E-state index in [2.05, 4.69) is 26.1 Å². The fourth-order valence-corrected chi connectivity index (χ4v) is 2.33. The number of ether oxygens (including phenoxy) is 1. The lowest BCUT2D eigenvalue weighted by atomic mass is 10.2. The van der Waals surface area contributed by atoms with Crippen LogP contribution in [0.4, 0.5) is 0 Å². The van der Waals surface area contributed by atoms with Crippen molar-refractivity contribution in [3.05, 3.63) is 0 Å². The molecule has 1 N–H and O–H groups in total. The van der Waals surface area contributed by atoms with Crippen LogP contribution in [-0.2, 0) is 9.53 Å². The highest BCUT2D eigenvalue weighted by Gasteiger charge is 2.34. The van der Waals surface area contributed by atoms with Crippen molar-refractivity contribution >= 4 is 5.91 Å². The predicted octanol–water partition coefficient (Wildman–Crippen LogP) is 2.14. The standard InChI is InChI=1S/C14H28N2O2/c1-4-6-10-18-11-7-9-16-12(3)15-13(8-5-2)14(16)17/h12-13,15H,4-11H2,1-3H3. The van der Waals surface area contributed by atoms with Gasteiger partial charge in [-0.15, -0.1) is 0 Å². The average Bonchev–Trinajstić information content (AvgIpc) is 2.61. The molecule has 0 aromatic rings. The third kappa shape index (κ3) is 4.58. The molecule has 0 bridgehead atoms. The van der Waals surface area contributed by atoms with Crippen LogP contribution < -0.4 is 5.32 Å². The van der Waals surface area contributed by atoms with E-state index in [0.29, 0.717) is 0 Å². The van der Waals surface area contributed by atoms with Crippen molar-refractivity contribution in [2.45, 2.75) is 65.1 Å². The lowest BCUT2D eigenvalue weighted by Crippen LogP contribution is -2.35. The molecule has 1 saturated heterocycles. The Kier molecular flexibility index (Phi) is 7.28. The number of rotatable bonds is 9. The van der Waals surface area contributed by atoms with E-state index in [4.69, 9.17) is 4.74 Å². The van der Waals surface area contributed by atoms with Crippen molar-refractivity contribution in [3.63, 3.8) is 0 Å². The monoisotopic (exact) mass is 256 g/mol. The molecular weight excluding hydrogens is 228 g/mol. The second-order valence-corrected chi connectivity index (χ2v) is 5.04. The molecule has 4 nitrogen and oxygen atoms in total. The Morgan fingerprint density at radius 3 is 2.61 bits per heavy atom. The first-order valence-corrected chi connectivity index (χ1v) is 7.35. The van der Waals surface area contributed by atoms with E-state index in [1.54, 1.807) is 0 Å². The molecular formula is C14H28N2O2. The zero-order valence-corrected chi connectivity index (χ0v) is 12.1. The number of hydrogen-bond acceptors (Lipinski definition) is 3. The van der Waals surface area contributed by atoms with Crippen LogP contribution in [0, 0.1) is 0 Å². The zero-order valence-electron chi connectivity index (χ0n) is 12.1. The SMILES string of the molecule is CCCCOCCCN1C(=O)C(CCC)NC1C. The maximum Gasteiger partial charge on any atom is 0.241 e. The summed E-state index contributed by atoms with van der Waals surface area (Å²) in [5, 5.41) is 3.35. The molecule has 1 aliphatic heterocycles. The maximum absolute atomic E-state index is 12.1. The van der Waals surface area contributed by atoms with Gasteiger partial charge in [0.05, 0.1) is 12.2 Å². The van der Waals surface area contributed by atoms with E-state index < -0.39 is 0 Å². The molecule has 2 atom stereocenters. The molecule has 0 spiro atoms. The van der Waals surface area contributed by atoms with Crippen molar-refractivity contribution in [2.75, 3.05) is 19.8 Å². The smallest absolute Gasteiger partial charge is 0.241 e. The predicted molar refractivity (Wildman–Crippen MR) is 73.4 cm³/mol. The van der Waals surface area contributed by atoms with Gasteiger partial charge in [0, 0.05) is 19.8 Å². The molecule has 1 fully saturated rings.